The lowest BCUT2D eigenvalue weighted by Crippen LogP contribution is -2.61. The van der Waals surface area contributed by atoms with Gasteiger partial charge in [-0.05, 0) is 169 Å². The highest BCUT2D eigenvalue weighted by Gasteiger charge is 2.50. The third kappa shape index (κ3) is 5.56. The molecule has 0 unspecified atom stereocenters. The Morgan fingerprint density at radius 3 is 1.70 bits per heavy atom. The van der Waals surface area contributed by atoms with E-state index >= 15 is 0 Å². The van der Waals surface area contributed by atoms with Gasteiger partial charge in [-0.2, -0.15) is 0 Å². The molecule has 0 N–H and O–H groups in total. The molecule has 2 nitrogen and oxygen atoms in total. The molecule has 0 spiro atoms. The van der Waals surface area contributed by atoms with Crippen LogP contribution < -0.4 is 26.2 Å². The Labute approximate surface area is 379 Å². The summed E-state index contributed by atoms with van der Waals surface area (Å²) < 4.78 is 0. The first-order valence-electron chi connectivity index (χ1n) is 23.9. The van der Waals surface area contributed by atoms with Gasteiger partial charge < -0.3 is 9.80 Å². The van der Waals surface area contributed by atoms with Crippen LogP contribution in [0.5, 0.6) is 0 Å². The Morgan fingerprint density at radius 1 is 0.476 bits per heavy atom. The van der Waals surface area contributed by atoms with E-state index in [0.717, 1.165) is 6.42 Å². The van der Waals surface area contributed by atoms with Crippen LogP contribution in [0.2, 0.25) is 0 Å². The van der Waals surface area contributed by atoms with E-state index in [0.29, 0.717) is 0 Å². The molecule has 63 heavy (non-hydrogen) atoms. The third-order valence-corrected chi connectivity index (χ3v) is 16.8. The molecule has 11 rings (SSSR count). The summed E-state index contributed by atoms with van der Waals surface area (Å²) in [4.78, 5) is 5.42. The van der Waals surface area contributed by atoms with Gasteiger partial charge in [0.05, 0.1) is 5.69 Å². The molecule has 0 atom stereocenters. The maximum Gasteiger partial charge on any atom is 0.252 e. The van der Waals surface area contributed by atoms with E-state index in [9.17, 15) is 0 Å². The van der Waals surface area contributed by atoms with Crippen molar-refractivity contribution in [1.82, 2.24) is 0 Å². The van der Waals surface area contributed by atoms with E-state index in [4.69, 9.17) is 0 Å². The smallest absolute Gasteiger partial charge is 0.252 e. The van der Waals surface area contributed by atoms with E-state index in [1.807, 2.05) is 0 Å². The summed E-state index contributed by atoms with van der Waals surface area (Å²) in [6, 6.07) is 39.3. The average Bonchev–Trinajstić information content (AvgIpc) is 3.55. The van der Waals surface area contributed by atoms with Gasteiger partial charge >= 0.3 is 0 Å². The van der Waals surface area contributed by atoms with Gasteiger partial charge in [-0.1, -0.05) is 151 Å². The van der Waals surface area contributed by atoms with Crippen molar-refractivity contribution in [2.45, 2.75) is 156 Å². The second-order valence-corrected chi connectivity index (χ2v) is 24.6. The predicted molar refractivity (Wildman–Crippen MR) is 272 cm³/mol. The molecule has 2 aliphatic heterocycles. The second-order valence-electron chi connectivity index (χ2n) is 24.6. The van der Waals surface area contributed by atoms with Crippen molar-refractivity contribution in [2.24, 2.45) is 0 Å². The maximum absolute atomic E-state index is 2.73. The zero-order valence-corrected chi connectivity index (χ0v) is 40.8. The van der Waals surface area contributed by atoms with Gasteiger partial charge in [0.15, 0.2) is 0 Å². The molecule has 6 aromatic carbocycles. The van der Waals surface area contributed by atoms with Gasteiger partial charge in [-0.15, -0.1) is 0 Å². The van der Waals surface area contributed by atoms with Crippen molar-refractivity contribution in [3.8, 4) is 11.1 Å². The molecular formula is C60H67BN2. The second kappa shape index (κ2) is 12.6. The number of hydrogen-bond donors (Lipinski definition) is 0. The molecule has 320 valence electrons. The lowest BCUT2D eigenvalue weighted by molar-refractivity contribution is 0.332. The van der Waals surface area contributed by atoms with Crippen LogP contribution in [0, 0.1) is 13.8 Å². The van der Waals surface area contributed by atoms with Crippen LogP contribution in [0.3, 0.4) is 0 Å². The topological polar surface area (TPSA) is 6.48 Å². The molecule has 6 aromatic rings. The molecule has 0 saturated heterocycles. The average molecular weight is 827 g/mol. The minimum absolute atomic E-state index is 0.0179. The summed E-state index contributed by atoms with van der Waals surface area (Å²) in [7, 11) is 0. The van der Waals surface area contributed by atoms with Crippen LogP contribution in [-0.4, -0.2) is 6.71 Å². The summed E-state index contributed by atoms with van der Waals surface area (Å²) in [5.74, 6) is 0. The quantitative estimate of drug-likeness (QED) is 0.160. The first-order valence-corrected chi connectivity index (χ1v) is 23.9. The highest BCUT2D eigenvalue weighted by atomic mass is 15.2. The van der Waals surface area contributed by atoms with Gasteiger partial charge in [0.2, 0.25) is 0 Å². The van der Waals surface area contributed by atoms with Gasteiger partial charge in [-0.25, -0.2) is 0 Å². The largest absolute Gasteiger partial charge is 0.311 e. The van der Waals surface area contributed by atoms with Crippen molar-refractivity contribution in [1.29, 1.82) is 0 Å². The van der Waals surface area contributed by atoms with Gasteiger partial charge in [0.1, 0.15) is 0 Å². The van der Waals surface area contributed by atoms with Crippen LogP contribution >= 0.6 is 0 Å². The Bertz CT molecular complexity index is 2980. The number of nitrogens with zero attached hydrogens (tertiary/aromatic N) is 2. The van der Waals surface area contributed by atoms with Crippen molar-refractivity contribution in [3.05, 3.63) is 147 Å². The van der Waals surface area contributed by atoms with Crippen LogP contribution in [-0.2, 0) is 32.5 Å². The minimum Gasteiger partial charge on any atom is -0.311 e. The Morgan fingerprint density at radius 2 is 1.03 bits per heavy atom. The Hall–Kier alpha value is -5.02. The fraction of sp³-hybridized carbons (Fsp3) is 0.400. The Balaban J connectivity index is 1.27. The van der Waals surface area contributed by atoms with E-state index in [-0.39, 0.29) is 39.2 Å². The van der Waals surface area contributed by atoms with E-state index in [1.165, 1.54) is 125 Å². The molecule has 0 amide bonds. The van der Waals surface area contributed by atoms with Crippen LogP contribution in [0.25, 0.3) is 11.1 Å². The SMILES string of the molecule is Cc1cc2c3c(c1)N(c1cccc4c1-c1ccccc1C4(C)C)c1cc(C(C)(C)C)ccc1B3c1cc3c(cc1N2c1cc2c(cc1C)C(C)(C)CCC2(C)C)C(C)(C)CC3(C)C. The van der Waals surface area contributed by atoms with Gasteiger partial charge in [0, 0.05) is 39.4 Å². The number of fused-ring (bicyclic) bond motifs is 9. The lowest BCUT2D eigenvalue weighted by Gasteiger charge is -2.47. The van der Waals surface area contributed by atoms with Crippen molar-refractivity contribution >= 4 is 57.2 Å². The molecule has 0 saturated carbocycles. The summed E-state index contributed by atoms with van der Waals surface area (Å²) in [5, 5.41) is 0. The lowest BCUT2D eigenvalue weighted by atomic mass is 9.33. The summed E-state index contributed by atoms with van der Waals surface area (Å²) in [6.07, 6.45) is 3.53. The van der Waals surface area contributed by atoms with Crippen molar-refractivity contribution in [2.75, 3.05) is 9.80 Å². The normalized spacial score (nSPS) is 19.7. The minimum atomic E-state index is -0.106. The highest BCUT2D eigenvalue weighted by Crippen LogP contribution is 2.57. The van der Waals surface area contributed by atoms with Gasteiger partial charge in [0.25, 0.3) is 6.71 Å². The fourth-order valence-corrected chi connectivity index (χ4v) is 13.4. The molecular weight excluding hydrogens is 759 g/mol. The van der Waals surface area contributed by atoms with E-state index in [1.54, 1.807) is 0 Å². The molecule has 0 fully saturated rings. The number of hydrogen-bond acceptors (Lipinski definition) is 2. The molecule has 2 heterocycles. The molecule has 0 radical (unpaired) electrons. The molecule has 0 aromatic heterocycles. The van der Waals surface area contributed by atoms with Crippen LogP contribution in [0.1, 0.15) is 159 Å². The molecule has 3 heteroatoms. The standard InChI is InChI=1S/C60H67BN2/c1-35-27-51-54-52(28-35)63(48-32-43-41(29-36(48)2)56(6,7)25-26-57(43,8)9)50-33-44-42(58(10,11)34-59(44,12)13)31-46(50)61(54)45-24-23-37(55(3,4)5)30-49(45)62(51)47-22-18-21-40-53(47)38-19-16-17-20-39(38)60(40,14)15/h16-24,27-33H,25-26,34H2,1-15H3. The first-order chi connectivity index (χ1) is 29.4. The monoisotopic (exact) mass is 827 g/mol. The maximum atomic E-state index is 2.73. The molecule has 5 aliphatic rings. The number of benzene rings is 6. The number of rotatable bonds is 2. The predicted octanol–water partition coefficient (Wildman–Crippen LogP) is 14.3. The number of anilines is 6. The van der Waals surface area contributed by atoms with Gasteiger partial charge in [-0.3, -0.25) is 0 Å². The van der Waals surface area contributed by atoms with Crippen LogP contribution in [0.15, 0.2) is 97.1 Å². The van der Waals surface area contributed by atoms with E-state index in [2.05, 4.69) is 211 Å². The summed E-state index contributed by atoms with van der Waals surface area (Å²) in [6.45, 7) is 36.5. The fourth-order valence-electron chi connectivity index (χ4n) is 13.4. The summed E-state index contributed by atoms with van der Waals surface area (Å²) in [5.41, 5.74) is 27.9. The molecule has 3 aliphatic carbocycles. The first kappa shape index (κ1) is 40.7. The van der Waals surface area contributed by atoms with Crippen molar-refractivity contribution in [3.63, 3.8) is 0 Å². The zero-order chi connectivity index (χ0) is 44.7. The zero-order valence-electron chi connectivity index (χ0n) is 40.8. The van der Waals surface area contributed by atoms with Crippen molar-refractivity contribution < 1.29 is 0 Å². The molecule has 0 bridgehead atoms. The third-order valence-electron chi connectivity index (χ3n) is 16.8. The van der Waals surface area contributed by atoms with E-state index < -0.39 is 0 Å². The number of aryl methyl sites for hydroxylation is 2. The highest BCUT2D eigenvalue weighted by molar-refractivity contribution is 7.00. The summed E-state index contributed by atoms with van der Waals surface area (Å²) >= 11 is 0. The van der Waals surface area contributed by atoms with Crippen LogP contribution in [0.4, 0.5) is 34.1 Å². The Kier molecular flexibility index (Phi) is 8.16.